The zero-order chi connectivity index (χ0) is 13.0. The number of amides is 2. The van der Waals surface area contributed by atoms with E-state index in [1.165, 1.54) is 0 Å². The number of nitrogens with two attached hydrogens (primary N) is 1. The van der Waals surface area contributed by atoms with Crippen LogP contribution in [-0.2, 0) is 11.3 Å². The van der Waals surface area contributed by atoms with Crippen LogP contribution in [-0.4, -0.2) is 36.3 Å². The summed E-state index contributed by atoms with van der Waals surface area (Å²) in [7, 11) is 0. The molecule has 1 aromatic rings. The molecule has 0 saturated carbocycles. The molecule has 0 bridgehead atoms. The number of hydrazine groups is 1. The molecule has 0 unspecified atom stereocenters. The van der Waals surface area contributed by atoms with Gasteiger partial charge in [0.1, 0.15) is 0 Å². The molecule has 1 aliphatic heterocycles. The van der Waals surface area contributed by atoms with Gasteiger partial charge in [0.2, 0.25) is 5.91 Å². The van der Waals surface area contributed by atoms with Gasteiger partial charge >= 0.3 is 0 Å². The highest BCUT2D eigenvalue weighted by atomic mass is 16.2. The number of carbonyl (C=O) groups is 2. The van der Waals surface area contributed by atoms with Gasteiger partial charge in [-0.2, -0.15) is 0 Å². The van der Waals surface area contributed by atoms with Crippen LogP contribution in [0.2, 0.25) is 0 Å². The van der Waals surface area contributed by atoms with Crippen LogP contribution < -0.4 is 16.6 Å². The van der Waals surface area contributed by atoms with Gasteiger partial charge < -0.3 is 5.32 Å². The second kappa shape index (κ2) is 5.61. The van der Waals surface area contributed by atoms with E-state index in [0.29, 0.717) is 25.2 Å². The van der Waals surface area contributed by atoms with Gasteiger partial charge in [-0.15, -0.1) is 0 Å². The van der Waals surface area contributed by atoms with E-state index in [0.717, 1.165) is 12.1 Å². The highest BCUT2D eigenvalue weighted by molar-refractivity contribution is 5.93. The number of rotatable bonds is 3. The van der Waals surface area contributed by atoms with E-state index in [4.69, 9.17) is 5.84 Å². The summed E-state index contributed by atoms with van der Waals surface area (Å²) in [4.78, 5) is 24.7. The van der Waals surface area contributed by atoms with E-state index in [1.54, 1.807) is 12.1 Å². The van der Waals surface area contributed by atoms with Gasteiger partial charge in [-0.1, -0.05) is 12.1 Å². The second-order valence-corrected chi connectivity index (χ2v) is 4.23. The minimum Gasteiger partial charge on any atom is -0.354 e. The third-order valence-electron chi connectivity index (χ3n) is 2.84. The Morgan fingerprint density at radius 2 is 2.33 bits per heavy atom. The van der Waals surface area contributed by atoms with Crippen LogP contribution in [0, 0.1) is 0 Å². The molecule has 2 amide bonds. The van der Waals surface area contributed by atoms with Crippen LogP contribution in [0.5, 0.6) is 0 Å². The fourth-order valence-electron chi connectivity index (χ4n) is 1.98. The van der Waals surface area contributed by atoms with E-state index < -0.39 is 0 Å². The smallest absolute Gasteiger partial charge is 0.265 e. The van der Waals surface area contributed by atoms with Crippen LogP contribution in [0.3, 0.4) is 0 Å². The third-order valence-corrected chi connectivity index (χ3v) is 2.84. The maximum absolute atomic E-state index is 11.4. The van der Waals surface area contributed by atoms with Gasteiger partial charge in [-0.3, -0.25) is 19.9 Å². The molecule has 0 aromatic heterocycles. The van der Waals surface area contributed by atoms with Crippen molar-refractivity contribution in [1.82, 2.24) is 15.6 Å². The van der Waals surface area contributed by atoms with Gasteiger partial charge in [-0.25, -0.2) is 5.84 Å². The van der Waals surface area contributed by atoms with Crippen LogP contribution in [0.25, 0.3) is 0 Å². The molecular formula is C12H16N4O2. The van der Waals surface area contributed by atoms with Crippen molar-refractivity contribution < 1.29 is 9.59 Å². The molecule has 1 aromatic carbocycles. The molecule has 4 N–H and O–H groups in total. The third kappa shape index (κ3) is 3.06. The molecular weight excluding hydrogens is 232 g/mol. The number of nitrogens with one attached hydrogen (secondary N) is 2. The molecule has 18 heavy (non-hydrogen) atoms. The minimum atomic E-state index is -0.312. The van der Waals surface area contributed by atoms with Gasteiger partial charge in [-0.05, 0) is 17.7 Å². The highest BCUT2D eigenvalue weighted by Gasteiger charge is 2.16. The van der Waals surface area contributed by atoms with Crippen molar-refractivity contribution in [2.75, 3.05) is 19.6 Å². The van der Waals surface area contributed by atoms with Gasteiger partial charge in [0, 0.05) is 25.2 Å². The number of nitrogens with zero attached hydrogens (tertiary/aromatic N) is 1. The Labute approximate surface area is 105 Å². The Kier molecular flexibility index (Phi) is 3.91. The Morgan fingerprint density at radius 1 is 1.50 bits per heavy atom. The Balaban J connectivity index is 2.04. The Morgan fingerprint density at radius 3 is 3.06 bits per heavy atom. The molecule has 0 spiro atoms. The van der Waals surface area contributed by atoms with E-state index >= 15 is 0 Å². The molecule has 6 nitrogen and oxygen atoms in total. The molecule has 6 heteroatoms. The molecule has 0 aliphatic carbocycles. The van der Waals surface area contributed by atoms with Crippen LogP contribution in [0.15, 0.2) is 24.3 Å². The summed E-state index contributed by atoms with van der Waals surface area (Å²) < 4.78 is 0. The van der Waals surface area contributed by atoms with Crippen molar-refractivity contribution in [3.63, 3.8) is 0 Å². The maximum atomic E-state index is 11.4. The lowest BCUT2D eigenvalue weighted by Crippen LogP contribution is -2.47. The van der Waals surface area contributed by atoms with E-state index in [9.17, 15) is 9.59 Å². The molecule has 1 aliphatic rings. The average molecular weight is 248 g/mol. The lowest BCUT2D eigenvalue weighted by Gasteiger charge is -2.26. The summed E-state index contributed by atoms with van der Waals surface area (Å²) in [5.41, 5.74) is 3.62. The summed E-state index contributed by atoms with van der Waals surface area (Å²) >= 11 is 0. The largest absolute Gasteiger partial charge is 0.354 e. The molecule has 96 valence electrons. The standard InChI is InChI=1S/C12H16N4O2/c13-15-12(18)10-3-1-2-9(6-10)7-16-5-4-14-11(17)8-16/h1-3,6H,4-5,7-8,13H2,(H,14,17)(H,15,18). The van der Waals surface area contributed by atoms with Gasteiger partial charge in [0.15, 0.2) is 0 Å². The topological polar surface area (TPSA) is 87.5 Å². The fourth-order valence-corrected chi connectivity index (χ4v) is 1.98. The zero-order valence-corrected chi connectivity index (χ0v) is 9.98. The maximum Gasteiger partial charge on any atom is 0.265 e. The zero-order valence-electron chi connectivity index (χ0n) is 9.98. The molecule has 0 radical (unpaired) electrons. The molecule has 2 rings (SSSR count). The van der Waals surface area contributed by atoms with E-state index in [2.05, 4.69) is 10.7 Å². The number of nitrogen functional groups attached to an aromatic ring is 1. The predicted octanol–water partition coefficient (Wildman–Crippen LogP) is -0.778. The number of carbonyl (C=O) groups excluding carboxylic acids is 2. The van der Waals surface area contributed by atoms with Gasteiger partial charge in [0.05, 0.1) is 6.54 Å². The first kappa shape index (κ1) is 12.5. The quantitative estimate of drug-likeness (QED) is 0.372. The summed E-state index contributed by atoms with van der Waals surface area (Å²) in [6.07, 6.45) is 0. The number of piperazine rings is 1. The van der Waals surface area contributed by atoms with Crippen LogP contribution >= 0.6 is 0 Å². The van der Waals surface area contributed by atoms with E-state index in [1.807, 2.05) is 17.0 Å². The number of benzene rings is 1. The predicted molar refractivity (Wildman–Crippen MR) is 66.4 cm³/mol. The first-order valence-electron chi connectivity index (χ1n) is 5.78. The molecule has 0 atom stereocenters. The average Bonchev–Trinajstić information content (AvgIpc) is 2.38. The first-order chi connectivity index (χ1) is 8.69. The fraction of sp³-hybridized carbons (Fsp3) is 0.333. The second-order valence-electron chi connectivity index (χ2n) is 4.23. The summed E-state index contributed by atoms with van der Waals surface area (Å²) in [5, 5.41) is 2.78. The Hall–Kier alpha value is -1.92. The van der Waals surface area contributed by atoms with Crippen molar-refractivity contribution in [2.24, 2.45) is 5.84 Å². The van der Waals surface area contributed by atoms with Gasteiger partial charge in [0.25, 0.3) is 5.91 Å². The molecule has 1 heterocycles. The number of hydrogen-bond acceptors (Lipinski definition) is 4. The molecule has 1 fully saturated rings. The number of hydrogen-bond donors (Lipinski definition) is 3. The summed E-state index contributed by atoms with van der Waals surface area (Å²) in [6, 6.07) is 7.23. The SMILES string of the molecule is NNC(=O)c1cccc(CN2CCNC(=O)C2)c1. The monoisotopic (exact) mass is 248 g/mol. The first-order valence-corrected chi connectivity index (χ1v) is 5.78. The van der Waals surface area contributed by atoms with Crippen molar-refractivity contribution >= 4 is 11.8 Å². The van der Waals surface area contributed by atoms with Crippen molar-refractivity contribution in [3.05, 3.63) is 35.4 Å². The van der Waals surface area contributed by atoms with E-state index in [-0.39, 0.29) is 11.8 Å². The highest BCUT2D eigenvalue weighted by Crippen LogP contribution is 2.09. The van der Waals surface area contributed by atoms with Crippen molar-refractivity contribution in [1.29, 1.82) is 0 Å². The minimum absolute atomic E-state index is 0.0390. The molecule has 1 saturated heterocycles. The lowest BCUT2D eigenvalue weighted by molar-refractivity contribution is -0.124. The summed E-state index contributed by atoms with van der Waals surface area (Å²) in [5.74, 6) is 4.82. The van der Waals surface area contributed by atoms with Crippen molar-refractivity contribution in [2.45, 2.75) is 6.54 Å². The van der Waals surface area contributed by atoms with Crippen LogP contribution in [0.4, 0.5) is 0 Å². The van der Waals surface area contributed by atoms with Crippen molar-refractivity contribution in [3.8, 4) is 0 Å². The summed E-state index contributed by atoms with van der Waals surface area (Å²) in [6.45, 7) is 2.54. The van der Waals surface area contributed by atoms with Crippen LogP contribution in [0.1, 0.15) is 15.9 Å². The normalized spacial score (nSPS) is 16.2. The Bertz CT molecular complexity index is 461. The lowest BCUT2D eigenvalue weighted by atomic mass is 10.1.